The molecular weight excluding hydrogens is 412 g/mol. The molecule has 3 nitrogen and oxygen atoms in total. The molecule has 0 atom stereocenters. The topological polar surface area (TPSA) is 27.1 Å². The molecule has 0 bridgehead atoms. The lowest BCUT2D eigenvalue weighted by molar-refractivity contribution is 0.308. The number of hydrogen-bond acceptors (Lipinski definition) is 2. The Labute approximate surface area is 174 Å². The Hall–Kier alpha value is -2.59. The quantitative estimate of drug-likeness (QED) is 0.365. The van der Waals surface area contributed by atoms with Crippen LogP contribution in [0.1, 0.15) is 27.9 Å². The zero-order valence-electron chi connectivity index (χ0n) is 16.4. The van der Waals surface area contributed by atoms with E-state index in [1.807, 2.05) is 24.4 Å². The Balaban J connectivity index is 1.72. The van der Waals surface area contributed by atoms with Crippen molar-refractivity contribution in [3.63, 3.8) is 0 Å². The number of aromatic nitrogens is 2. The molecule has 0 unspecified atom stereocenters. The summed E-state index contributed by atoms with van der Waals surface area (Å²) in [5.41, 5.74) is 8.20. The first-order chi connectivity index (χ1) is 13.5. The zero-order valence-corrected chi connectivity index (χ0v) is 18.0. The van der Waals surface area contributed by atoms with Gasteiger partial charge in [-0.3, -0.25) is 4.98 Å². The fourth-order valence-corrected chi connectivity index (χ4v) is 3.83. The molecule has 28 heavy (non-hydrogen) atoms. The minimum atomic E-state index is 0.528. The summed E-state index contributed by atoms with van der Waals surface area (Å²) in [5.74, 6) is 0.872. The molecule has 4 aromatic rings. The van der Waals surface area contributed by atoms with Crippen molar-refractivity contribution in [2.45, 2.75) is 33.9 Å². The molecule has 0 N–H and O–H groups in total. The summed E-state index contributed by atoms with van der Waals surface area (Å²) >= 11 is 3.48. The Morgan fingerprint density at radius 2 is 1.75 bits per heavy atom. The molecule has 4 rings (SSSR count). The molecule has 0 aliphatic heterocycles. The normalized spacial score (nSPS) is 11.1. The molecule has 4 heteroatoms. The molecule has 0 saturated heterocycles. The zero-order chi connectivity index (χ0) is 19.7. The lowest BCUT2D eigenvalue weighted by atomic mass is 10.1. The third-order valence-corrected chi connectivity index (χ3v) is 5.72. The van der Waals surface area contributed by atoms with E-state index >= 15 is 0 Å². The predicted octanol–water partition coefficient (Wildman–Crippen LogP) is 6.35. The van der Waals surface area contributed by atoms with Crippen LogP contribution in [0.2, 0.25) is 0 Å². The maximum atomic E-state index is 6.24. The fourth-order valence-electron chi connectivity index (χ4n) is 3.56. The molecule has 0 aliphatic carbocycles. The number of ether oxygens (including phenoxy) is 1. The van der Waals surface area contributed by atoms with Crippen molar-refractivity contribution >= 4 is 27.0 Å². The Bertz CT molecular complexity index is 1130. The highest BCUT2D eigenvalue weighted by atomic mass is 79.9. The molecule has 2 heterocycles. The largest absolute Gasteiger partial charge is 0.487 e. The number of aryl methyl sites for hydroxylation is 2. The summed E-state index contributed by atoms with van der Waals surface area (Å²) in [5, 5.41) is 0. The van der Waals surface area contributed by atoms with Gasteiger partial charge in [0.1, 0.15) is 17.9 Å². The Kier molecular flexibility index (Phi) is 5.23. The summed E-state index contributed by atoms with van der Waals surface area (Å²) in [6, 6.07) is 18.8. The van der Waals surface area contributed by atoms with E-state index in [9.17, 15) is 0 Å². The maximum absolute atomic E-state index is 6.24. The van der Waals surface area contributed by atoms with Gasteiger partial charge in [-0.15, -0.1) is 0 Å². The second-order valence-electron chi connectivity index (χ2n) is 7.21. The average Bonchev–Trinajstić information content (AvgIpc) is 2.93. The van der Waals surface area contributed by atoms with Gasteiger partial charge in [0.05, 0.1) is 5.52 Å². The van der Waals surface area contributed by atoms with Crippen LogP contribution in [0.15, 0.2) is 65.3 Å². The summed E-state index contributed by atoms with van der Waals surface area (Å²) in [7, 11) is 0. The van der Waals surface area contributed by atoms with Crippen LogP contribution in [-0.2, 0) is 13.2 Å². The average molecular weight is 435 g/mol. The Morgan fingerprint density at radius 3 is 2.50 bits per heavy atom. The summed E-state index contributed by atoms with van der Waals surface area (Å²) in [6.45, 7) is 7.75. The molecule has 0 aliphatic rings. The molecule has 0 amide bonds. The van der Waals surface area contributed by atoms with E-state index in [0.29, 0.717) is 6.61 Å². The predicted molar refractivity (Wildman–Crippen MR) is 118 cm³/mol. The van der Waals surface area contributed by atoms with Crippen molar-refractivity contribution in [2.75, 3.05) is 0 Å². The van der Waals surface area contributed by atoms with Gasteiger partial charge in [0.25, 0.3) is 0 Å². The first-order valence-electron chi connectivity index (χ1n) is 9.40. The number of pyridine rings is 1. The molecule has 142 valence electrons. The smallest absolute Gasteiger partial charge is 0.147 e. The highest BCUT2D eigenvalue weighted by Crippen LogP contribution is 2.32. The van der Waals surface area contributed by atoms with Crippen molar-refractivity contribution in [1.82, 2.24) is 9.55 Å². The molecule has 0 saturated carbocycles. The number of fused-ring (bicyclic) bond motifs is 1. The minimum Gasteiger partial charge on any atom is -0.487 e. The van der Waals surface area contributed by atoms with Crippen molar-refractivity contribution < 1.29 is 4.74 Å². The highest BCUT2D eigenvalue weighted by Gasteiger charge is 2.17. The van der Waals surface area contributed by atoms with Crippen molar-refractivity contribution in [1.29, 1.82) is 0 Å². The van der Waals surface area contributed by atoms with E-state index < -0.39 is 0 Å². The molecule has 0 spiro atoms. The number of hydrogen-bond donors (Lipinski definition) is 0. The molecule has 2 aromatic carbocycles. The first kappa shape index (κ1) is 18.8. The molecule has 2 aromatic heterocycles. The second kappa shape index (κ2) is 7.80. The maximum Gasteiger partial charge on any atom is 0.147 e. The molecular formula is C24H23BrN2O. The summed E-state index contributed by atoms with van der Waals surface area (Å²) in [4.78, 5) is 4.64. The van der Waals surface area contributed by atoms with Gasteiger partial charge in [-0.2, -0.15) is 0 Å². The molecule has 0 radical (unpaired) electrons. The van der Waals surface area contributed by atoms with E-state index in [1.54, 1.807) is 0 Å². The van der Waals surface area contributed by atoms with Crippen LogP contribution in [0.3, 0.4) is 0 Å². The van der Waals surface area contributed by atoms with E-state index in [0.717, 1.165) is 33.4 Å². The van der Waals surface area contributed by atoms with Gasteiger partial charge in [-0.25, -0.2) is 0 Å². The Morgan fingerprint density at radius 1 is 0.964 bits per heavy atom. The van der Waals surface area contributed by atoms with Crippen molar-refractivity contribution in [2.24, 2.45) is 0 Å². The van der Waals surface area contributed by atoms with Gasteiger partial charge in [0.2, 0.25) is 0 Å². The lowest BCUT2D eigenvalue weighted by Crippen LogP contribution is -2.04. The van der Waals surface area contributed by atoms with Gasteiger partial charge < -0.3 is 9.30 Å². The third-order valence-electron chi connectivity index (χ3n) is 5.19. The SMILES string of the molecule is Cc1cccc(Cn2c(C)c(C)c3nccc(OCc4ccc(Br)cc4)c32)c1. The van der Waals surface area contributed by atoms with Crippen LogP contribution in [0, 0.1) is 20.8 Å². The van der Waals surface area contributed by atoms with Gasteiger partial charge in [-0.05, 0) is 49.6 Å². The fraction of sp³-hybridized carbons (Fsp3) is 0.208. The van der Waals surface area contributed by atoms with Crippen LogP contribution in [-0.4, -0.2) is 9.55 Å². The van der Waals surface area contributed by atoms with Crippen LogP contribution in [0.4, 0.5) is 0 Å². The van der Waals surface area contributed by atoms with Gasteiger partial charge in [0.15, 0.2) is 0 Å². The van der Waals surface area contributed by atoms with Crippen LogP contribution in [0.25, 0.3) is 11.0 Å². The van der Waals surface area contributed by atoms with Gasteiger partial charge in [0, 0.05) is 29.0 Å². The van der Waals surface area contributed by atoms with Crippen molar-refractivity contribution in [3.8, 4) is 5.75 Å². The number of halogens is 1. The van der Waals surface area contributed by atoms with E-state index in [2.05, 4.69) is 82.7 Å². The van der Waals surface area contributed by atoms with E-state index in [1.165, 1.54) is 22.4 Å². The molecule has 0 fully saturated rings. The van der Waals surface area contributed by atoms with E-state index in [-0.39, 0.29) is 0 Å². The highest BCUT2D eigenvalue weighted by molar-refractivity contribution is 9.10. The first-order valence-corrected chi connectivity index (χ1v) is 10.2. The van der Waals surface area contributed by atoms with E-state index in [4.69, 9.17) is 4.74 Å². The number of rotatable bonds is 5. The number of nitrogens with zero attached hydrogens (tertiary/aromatic N) is 2. The monoisotopic (exact) mass is 434 g/mol. The standard InChI is InChI=1S/C24H23BrN2O/c1-16-5-4-6-20(13-16)14-27-18(3)17(2)23-24(27)22(11-12-26-23)28-15-19-7-9-21(25)10-8-19/h4-13H,14-15H2,1-3H3. The van der Waals surface area contributed by atoms with Crippen LogP contribution < -0.4 is 4.74 Å². The van der Waals surface area contributed by atoms with Crippen LogP contribution in [0.5, 0.6) is 5.75 Å². The van der Waals surface area contributed by atoms with Gasteiger partial charge in [-0.1, -0.05) is 57.9 Å². The minimum absolute atomic E-state index is 0.528. The lowest BCUT2D eigenvalue weighted by Gasteiger charge is -2.13. The third kappa shape index (κ3) is 3.69. The second-order valence-corrected chi connectivity index (χ2v) is 8.12. The summed E-state index contributed by atoms with van der Waals surface area (Å²) < 4.78 is 9.63. The number of benzene rings is 2. The van der Waals surface area contributed by atoms with Crippen molar-refractivity contribution in [3.05, 3.63) is 93.2 Å². The van der Waals surface area contributed by atoms with Crippen LogP contribution >= 0.6 is 15.9 Å². The summed E-state index contributed by atoms with van der Waals surface area (Å²) in [6.07, 6.45) is 1.84. The van der Waals surface area contributed by atoms with Gasteiger partial charge >= 0.3 is 0 Å².